The number of likely N-dealkylation sites (tertiary alicyclic amines) is 2. The molecule has 1 amide bonds. The molecule has 42 heavy (non-hydrogen) atoms. The molecule has 2 aromatic heterocycles. The van der Waals surface area contributed by atoms with Crippen LogP contribution >= 0.6 is 23.2 Å². The van der Waals surface area contributed by atoms with Gasteiger partial charge in [0.25, 0.3) is 0 Å². The van der Waals surface area contributed by atoms with E-state index >= 15 is 0 Å². The summed E-state index contributed by atoms with van der Waals surface area (Å²) in [5.41, 5.74) is 2.56. The number of hydrogen-bond donors (Lipinski definition) is 1. The molecule has 3 aliphatic heterocycles. The van der Waals surface area contributed by atoms with Gasteiger partial charge in [0.1, 0.15) is 6.17 Å². The van der Waals surface area contributed by atoms with Gasteiger partial charge < -0.3 is 15.0 Å². The molecule has 5 heterocycles. The number of aromatic nitrogens is 3. The molecule has 1 N–H and O–H groups in total. The van der Waals surface area contributed by atoms with E-state index in [9.17, 15) is 9.18 Å². The van der Waals surface area contributed by atoms with E-state index in [1.165, 1.54) is 0 Å². The van der Waals surface area contributed by atoms with Crippen LogP contribution in [0, 0.1) is 5.92 Å². The highest BCUT2D eigenvalue weighted by molar-refractivity contribution is 6.35. The summed E-state index contributed by atoms with van der Waals surface area (Å²) in [6.07, 6.45) is 4.67. The monoisotopic (exact) mass is 613 g/mol. The molecule has 0 atom stereocenters. The third kappa shape index (κ3) is 7.11. The smallest absolute Gasteiger partial charge is 0.225 e. The molecule has 0 radical (unpaired) electrons. The number of hydrogen-bond acceptors (Lipinski definition) is 8. The van der Waals surface area contributed by atoms with Gasteiger partial charge >= 0.3 is 0 Å². The highest BCUT2D eigenvalue weighted by Gasteiger charge is 2.39. The minimum atomic E-state index is -0.691. The molecule has 12 heteroatoms. The van der Waals surface area contributed by atoms with Crippen LogP contribution in [-0.2, 0) is 11.3 Å². The van der Waals surface area contributed by atoms with Crippen LogP contribution in [0.25, 0.3) is 11.3 Å². The standard InChI is InChI=1S/C30H34Cl2FN7O2/c1-19(41)34-11-20-2-4-38(5-3-20)14-21-6-28(22-8-23(31)10-24(32)9-22)37-29(7-21)42-27-12-35-30(36-13-27)40-17-26(18-40)39-15-25(33)16-39/h6-10,12-13,20,25-26H,2-5,11,14-18H2,1H3,(H,34,41). The summed E-state index contributed by atoms with van der Waals surface area (Å²) in [5.74, 6) is 2.06. The number of nitrogens with zero attached hydrogens (tertiary/aromatic N) is 6. The lowest BCUT2D eigenvalue weighted by molar-refractivity contribution is -0.119. The van der Waals surface area contributed by atoms with Gasteiger partial charge in [0.05, 0.1) is 18.1 Å². The maximum Gasteiger partial charge on any atom is 0.225 e. The number of benzene rings is 1. The quantitative estimate of drug-likeness (QED) is 0.367. The van der Waals surface area contributed by atoms with Gasteiger partial charge in [-0.25, -0.2) is 19.3 Å². The lowest BCUT2D eigenvalue weighted by Gasteiger charge is -2.49. The highest BCUT2D eigenvalue weighted by atomic mass is 35.5. The first-order chi connectivity index (χ1) is 20.3. The number of carbonyl (C=O) groups excluding carboxylic acids is 1. The van der Waals surface area contributed by atoms with Crippen molar-refractivity contribution >= 4 is 35.1 Å². The molecular weight excluding hydrogens is 580 g/mol. The molecule has 0 unspecified atom stereocenters. The summed E-state index contributed by atoms with van der Waals surface area (Å²) in [5, 5.41) is 4.01. The first kappa shape index (κ1) is 29.0. The number of rotatable bonds is 9. The maximum absolute atomic E-state index is 13.2. The van der Waals surface area contributed by atoms with E-state index in [-0.39, 0.29) is 5.91 Å². The number of ether oxygens (including phenoxy) is 1. The second kappa shape index (κ2) is 12.7. The van der Waals surface area contributed by atoms with Gasteiger partial charge in [-0.05, 0) is 61.7 Å². The average Bonchev–Trinajstić information content (AvgIpc) is 2.91. The SMILES string of the molecule is CC(=O)NCC1CCN(Cc2cc(Oc3cnc(N4CC(N5CC(F)C5)C4)nc3)nc(-c3cc(Cl)cc(Cl)c3)c2)CC1. The van der Waals surface area contributed by atoms with E-state index in [4.69, 9.17) is 32.9 Å². The topological polar surface area (TPSA) is 86.7 Å². The Balaban J connectivity index is 1.14. The predicted octanol–water partition coefficient (Wildman–Crippen LogP) is 4.83. The summed E-state index contributed by atoms with van der Waals surface area (Å²) in [4.78, 5) is 31.7. The van der Waals surface area contributed by atoms with E-state index in [1.807, 2.05) is 24.3 Å². The van der Waals surface area contributed by atoms with Crippen molar-refractivity contribution in [3.63, 3.8) is 0 Å². The molecule has 6 rings (SSSR count). The largest absolute Gasteiger partial charge is 0.436 e. The number of nitrogens with one attached hydrogen (secondary N) is 1. The van der Waals surface area contributed by atoms with Gasteiger partial charge in [0.2, 0.25) is 17.7 Å². The third-order valence-electron chi connectivity index (χ3n) is 8.14. The molecule has 0 bridgehead atoms. The molecule has 3 fully saturated rings. The van der Waals surface area contributed by atoms with Crippen molar-refractivity contribution in [3.05, 3.63) is 58.3 Å². The molecule has 0 aliphatic carbocycles. The number of alkyl halides is 1. The van der Waals surface area contributed by atoms with Gasteiger partial charge in [0.15, 0.2) is 5.75 Å². The van der Waals surface area contributed by atoms with Crippen LogP contribution in [0.5, 0.6) is 11.6 Å². The van der Waals surface area contributed by atoms with Gasteiger partial charge in [-0.15, -0.1) is 0 Å². The normalized spacial score (nSPS) is 18.9. The Labute approximate surface area is 255 Å². The van der Waals surface area contributed by atoms with Crippen molar-refractivity contribution in [3.8, 4) is 22.9 Å². The molecule has 0 spiro atoms. The summed E-state index contributed by atoms with van der Waals surface area (Å²) < 4.78 is 19.3. The van der Waals surface area contributed by atoms with Gasteiger partial charge in [-0.3, -0.25) is 14.6 Å². The lowest BCUT2D eigenvalue weighted by atomic mass is 9.96. The number of carbonyl (C=O) groups is 1. The lowest BCUT2D eigenvalue weighted by Crippen LogP contribution is -2.66. The molecule has 3 saturated heterocycles. The fourth-order valence-electron chi connectivity index (χ4n) is 5.70. The van der Waals surface area contributed by atoms with Crippen LogP contribution in [0.15, 0.2) is 42.7 Å². The van der Waals surface area contributed by atoms with Crippen LogP contribution in [0.1, 0.15) is 25.3 Å². The number of pyridine rings is 1. The molecular formula is C30H34Cl2FN7O2. The first-order valence-corrected chi connectivity index (χ1v) is 15.1. The first-order valence-electron chi connectivity index (χ1n) is 14.3. The molecule has 3 aromatic rings. The molecule has 222 valence electrons. The zero-order valence-corrected chi connectivity index (χ0v) is 25.0. The third-order valence-corrected chi connectivity index (χ3v) is 8.57. The van der Waals surface area contributed by atoms with Crippen molar-refractivity contribution in [2.45, 2.75) is 38.5 Å². The summed E-state index contributed by atoms with van der Waals surface area (Å²) in [6.45, 7) is 7.56. The number of piperidine rings is 1. The summed E-state index contributed by atoms with van der Waals surface area (Å²) >= 11 is 12.6. The Morgan fingerprint density at radius 1 is 1.02 bits per heavy atom. The number of amides is 1. The van der Waals surface area contributed by atoms with Gasteiger partial charge in [0, 0.05) is 73.9 Å². The van der Waals surface area contributed by atoms with Crippen LogP contribution < -0.4 is 15.0 Å². The Morgan fingerprint density at radius 2 is 1.71 bits per heavy atom. The second-order valence-corrected chi connectivity index (χ2v) is 12.3. The zero-order chi connectivity index (χ0) is 29.2. The molecule has 3 aliphatic rings. The Bertz CT molecular complexity index is 1390. The van der Waals surface area contributed by atoms with Gasteiger partial charge in [-0.1, -0.05) is 23.2 Å². The summed E-state index contributed by atoms with van der Waals surface area (Å²) in [6, 6.07) is 9.72. The van der Waals surface area contributed by atoms with Crippen molar-refractivity contribution in [1.82, 2.24) is 30.1 Å². The predicted molar refractivity (Wildman–Crippen MR) is 161 cm³/mol. The van der Waals surface area contributed by atoms with Crippen LogP contribution in [0.3, 0.4) is 0 Å². The van der Waals surface area contributed by atoms with Crippen molar-refractivity contribution < 1.29 is 13.9 Å². The Kier molecular flexibility index (Phi) is 8.76. The minimum absolute atomic E-state index is 0.0178. The van der Waals surface area contributed by atoms with E-state index < -0.39 is 6.17 Å². The van der Waals surface area contributed by atoms with Crippen molar-refractivity contribution in [2.24, 2.45) is 5.92 Å². The van der Waals surface area contributed by atoms with Crippen LogP contribution in [0.2, 0.25) is 10.0 Å². The Morgan fingerprint density at radius 3 is 2.36 bits per heavy atom. The minimum Gasteiger partial charge on any atom is -0.436 e. The maximum atomic E-state index is 13.2. The van der Waals surface area contributed by atoms with Crippen molar-refractivity contribution in [2.75, 3.05) is 50.7 Å². The number of halogens is 3. The average molecular weight is 615 g/mol. The van der Waals surface area contributed by atoms with Crippen LogP contribution in [-0.4, -0.2) is 88.7 Å². The van der Waals surface area contributed by atoms with E-state index in [0.29, 0.717) is 58.4 Å². The molecule has 1 aromatic carbocycles. The van der Waals surface area contributed by atoms with Crippen molar-refractivity contribution in [1.29, 1.82) is 0 Å². The van der Waals surface area contributed by atoms with E-state index in [1.54, 1.807) is 25.4 Å². The van der Waals surface area contributed by atoms with Crippen LogP contribution in [0.4, 0.5) is 10.3 Å². The summed E-state index contributed by atoms with van der Waals surface area (Å²) in [7, 11) is 0. The highest BCUT2D eigenvalue weighted by Crippen LogP contribution is 2.31. The fourth-order valence-corrected chi connectivity index (χ4v) is 6.22. The van der Waals surface area contributed by atoms with E-state index in [2.05, 4.69) is 30.0 Å². The van der Waals surface area contributed by atoms with E-state index in [0.717, 1.165) is 63.2 Å². The fraction of sp³-hybridized carbons (Fsp3) is 0.467. The molecule has 0 saturated carbocycles. The second-order valence-electron chi connectivity index (χ2n) is 11.4. The molecule has 9 nitrogen and oxygen atoms in total. The zero-order valence-electron chi connectivity index (χ0n) is 23.5. The van der Waals surface area contributed by atoms with Gasteiger partial charge in [-0.2, -0.15) is 0 Å². The number of anilines is 1. The Hall–Kier alpha value is -3.05.